The van der Waals surface area contributed by atoms with Crippen molar-refractivity contribution >= 4 is 40.5 Å². The van der Waals surface area contributed by atoms with Gasteiger partial charge in [-0.1, -0.05) is 18.5 Å². The number of ether oxygens (including phenoxy) is 1. The van der Waals surface area contributed by atoms with Gasteiger partial charge in [-0.05, 0) is 49.0 Å². The molecule has 3 N–H and O–H groups in total. The number of carbonyl (C=O) groups excluding carboxylic acids is 2. The van der Waals surface area contributed by atoms with Gasteiger partial charge < -0.3 is 25.6 Å². The number of nitrogens with two attached hydrogens (primary N) is 1. The fraction of sp³-hybridized carbons (Fsp3) is 0.333. The van der Waals surface area contributed by atoms with Crippen LogP contribution in [0, 0.1) is 0 Å². The van der Waals surface area contributed by atoms with Crippen molar-refractivity contribution in [2.45, 2.75) is 6.92 Å². The molecular formula is C21H25ClN4O3. The van der Waals surface area contributed by atoms with Crippen molar-refractivity contribution in [1.29, 1.82) is 0 Å². The molecule has 0 unspecified atom stereocenters. The second-order valence-electron chi connectivity index (χ2n) is 6.83. The number of esters is 1. The monoisotopic (exact) mass is 416 g/mol. The van der Waals surface area contributed by atoms with Crippen molar-refractivity contribution in [2.24, 2.45) is 0 Å². The number of rotatable bonds is 6. The molecule has 2 aromatic rings. The van der Waals surface area contributed by atoms with E-state index in [1.165, 1.54) is 18.2 Å². The number of nitrogens with one attached hydrogen (secondary N) is 1. The van der Waals surface area contributed by atoms with Gasteiger partial charge in [0.1, 0.15) is 0 Å². The molecule has 0 saturated carbocycles. The van der Waals surface area contributed by atoms with E-state index in [-0.39, 0.29) is 17.9 Å². The Balaban J connectivity index is 1.48. The third-order valence-corrected chi connectivity index (χ3v) is 5.25. The summed E-state index contributed by atoms with van der Waals surface area (Å²) in [5.74, 6) is -1.05. The molecule has 154 valence electrons. The highest BCUT2D eigenvalue weighted by Crippen LogP contribution is 2.21. The van der Waals surface area contributed by atoms with Gasteiger partial charge in [-0.15, -0.1) is 0 Å². The van der Waals surface area contributed by atoms with Crippen LogP contribution in [0.4, 0.5) is 17.1 Å². The summed E-state index contributed by atoms with van der Waals surface area (Å²) in [6.45, 7) is 6.96. The van der Waals surface area contributed by atoms with Crippen LogP contribution in [0.1, 0.15) is 17.3 Å². The summed E-state index contributed by atoms with van der Waals surface area (Å²) in [6.07, 6.45) is 0. The molecule has 3 rings (SSSR count). The van der Waals surface area contributed by atoms with E-state index >= 15 is 0 Å². The number of carbonyl (C=O) groups is 2. The topological polar surface area (TPSA) is 87.9 Å². The van der Waals surface area contributed by atoms with Gasteiger partial charge in [0.05, 0.1) is 16.3 Å². The largest absolute Gasteiger partial charge is 0.452 e. The Labute approximate surface area is 175 Å². The van der Waals surface area contributed by atoms with E-state index in [1.807, 2.05) is 24.3 Å². The molecular weight excluding hydrogens is 392 g/mol. The summed E-state index contributed by atoms with van der Waals surface area (Å²) in [6, 6.07) is 12.1. The van der Waals surface area contributed by atoms with Gasteiger partial charge in [0.2, 0.25) is 0 Å². The molecule has 0 bridgehead atoms. The number of halogens is 1. The number of piperazine rings is 1. The molecule has 0 aromatic heterocycles. The Morgan fingerprint density at radius 3 is 2.41 bits per heavy atom. The van der Waals surface area contributed by atoms with E-state index in [1.54, 1.807) is 0 Å². The molecule has 29 heavy (non-hydrogen) atoms. The third kappa shape index (κ3) is 5.62. The maximum Gasteiger partial charge on any atom is 0.338 e. The fourth-order valence-corrected chi connectivity index (χ4v) is 3.28. The van der Waals surface area contributed by atoms with Gasteiger partial charge in [0, 0.05) is 37.6 Å². The van der Waals surface area contributed by atoms with Gasteiger partial charge >= 0.3 is 5.97 Å². The molecule has 1 fully saturated rings. The Morgan fingerprint density at radius 1 is 1.10 bits per heavy atom. The lowest BCUT2D eigenvalue weighted by Gasteiger charge is -2.35. The average Bonchev–Trinajstić information content (AvgIpc) is 2.74. The van der Waals surface area contributed by atoms with Crippen LogP contribution in [0.15, 0.2) is 42.5 Å². The third-order valence-electron chi connectivity index (χ3n) is 4.90. The van der Waals surface area contributed by atoms with Crippen molar-refractivity contribution in [3.05, 3.63) is 53.1 Å². The molecule has 8 heteroatoms. The highest BCUT2D eigenvalue weighted by molar-refractivity contribution is 6.33. The first-order chi connectivity index (χ1) is 14.0. The molecule has 0 radical (unpaired) electrons. The molecule has 2 aromatic carbocycles. The van der Waals surface area contributed by atoms with E-state index in [4.69, 9.17) is 22.1 Å². The molecule has 1 aliphatic rings. The van der Waals surface area contributed by atoms with Crippen LogP contribution in [-0.4, -0.2) is 56.1 Å². The Hall–Kier alpha value is -2.77. The van der Waals surface area contributed by atoms with E-state index < -0.39 is 11.9 Å². The second kappa shape index (κ2) is 9.62. The lowest BCUT2D eigenvalue weighted by Crippen LogP contribution is -2.46. The minimum Gasteiger partial charge on any atom is -0.452 e. The molecule has 1 aliphatic heterocycles. The number of benzene rings is 2. The summed E-state index contributed by atoms with van der Waals surface area (Å²) in [5, 5.41) is 3.08. The number of nitrogens with zero attached hydrogens (tertiary/aromatic N) is 2. The smallest absolute Gasteiger partial charge is 0.338 e. The van der Waals surface area contributed by atoms with Gasteiger partial charge in [-0.3, -0.25) is 4.79 Å². The van der Waals surface area contributed by atoms with Crippen molar-refractivity contribution in [1.82, 2.24) is 4.90 Å². The predicted octanol–water partition coefficient (Wildman–Crippen LogP) is 2.86. The molecule has 0 atom stereocenters. The first kappa shape index (κ1) is 21.0. The van der Waals surface area contributed by atoms with Crippen LogP contribution in [0.25, 0.3) is 0 Å². The van der Waals surface area contributed by atoms with Crippen molar-refractivity contribution in [3.8, 4) is 0 Å². The van der Waals surface area contributed by atoms with Crippen LogP contribution >= 0.6 is 11.6 Å². The second-order valence-corrected chi connectivity index (χ2v) is 7.24. The zero-order valence-corrected chi connectivity index (χ0v) is 17.1. The van der Waals surface area contributed by atoms with Crippen molar-refractivity contribution in [3.63, 3.8) is 0 Å². The van der Waals surface area contributed by atoms with Crippen LogP contribution in [0.2, 0.25) is 5.02 Å². The predicted molar refractivity (Wildman–Crippen MR) is 116 cm³/mol. The Bertz CT molecular complexity index is 865. The van der Waals surface area contributed by atoms with Crippen molar-refractivity contribution < 1.29 is 14.3 Å². The zero-order chi connectivity index (χ0) is 20.8. The molecule has 7 nitrogen and oxygen atoms in total. The molecule has 1 heterocycles. The first-order valence-electron chi connectivity index (χ1n) is 9.55. The van der Waals surface area contributed by atoms with Crippen molar-refractivity contribution in [2.75, 3.05) is 55.3 Å². The van der Waals surface area contributed by atoms with Gasteiger partial charge in [0.25, 0.3) is 5.91 Å². The van der Waals surface area contributed by atoms with E-state index in [0.29, 0.717) is 10.7 Å². The molecule has 1 amide bonds. The number of anilines is 3. The zero-order valence-electron chi connectivity index (χ0n) is 16.4. The van der Waals surface area contributed by atoms with Crippen LogP contribution in [0.5, 0.6) is 0 Å². The first-order valence-corrected chi connectivity index (χ1v) is 9.93. The van der Waals surface area contributed by atoms with Gasteiger partial charge in [0.15, 0.2) is 6.61 Å². The summed E-state index contributed by atoms with van der Waals surface area (Å²) in [7, 11) is 0. The molecule has 0 spiro atoms. The van der Waals surface area contributed by atoms with E-state index in [2.05, 4.69) is 22.0 Å². The number of nitrogen functional groups attached to an aromatic ring is 1. The van der Waals surface area contributed by atoms with Gasteiger partial charge in [-0.25, -0.2) is 4.79 Å². The normalized spacial score (nSPS) is 14.5. The maximum atomic E-state index is 12.1. The van der Waals surface area contributed by atoms with Crippen LogP contribution in [-0.2, 0) is 9.53 Å². The highest BCUT2D eigenvalue weighted by atomic mass is 35.5. The lowest BCUT2D eigenvalue weighted by molar-refractivity contribution is -0.119. The number of amides is 1. The minimum atomic E-state index is -0.634. The van der Waals surface area contributed by atoms with Gasteiger partial charge in [-0.2, -0.15) is 0 Å². The summed E-state index contributed by atoms with van der Waals surface area (Å²) < 4.78 is 5.03. The summed E-state index contributed by atoms with van der Waals surface area (Å²) in [4.78, 5) is 28.8. The van der Waals surface area contributed by atoms with Crippen LogP contribution in [0.3, 0.4) is 0 Å². The highest BCUT2D eigenvalue weighted by Gasteiger charge is 2.16. The standard InChI is InChI=1S/C21H25ClN4O3/c1-2-25-9-11-26(12-10-25)17-6-4-16(5-7-17)24-20(27)14-29-21(28)15-3-8-18(22)19(23)13-15/h3-8,13H,2,9-12,14,23H2,1H3,(H,24,27). The maximum absolute atomic E-state index is 12.1. The SMILES string of the molecule is CCN1CCN(c2ccc(NC(=O)COC(=O)c3ccc(Cl)c(N)c3)cc2)CC1. The summed E-state index contributed by atoms with van der Waals surface area (Å²) in [5.41, 5.74) is 7.97. The minimum absolute atomic E-state index is 0.243. The molecule has 0 aliphatic carbocycles. The number of likely N-dealkylation sites (N-methyl/N-ethyl adjacent to an activating group) is 1. The fourth-order valence-electron chi connectivity index (χ4n) is 3.16. The quantitative estimate of drug-likeness (QED) is 0.556. The average molecular weight is 417 g/mol. The lowest BCUT2D eigenvalue weighted by atomic mass is 10.2. The Morgan fingerprint density at radius 2 is 1.79 bits per heavy atom. The molecule has 1 saturated heterocycles. The number of hydrogen-bond donors (Lipinski definition) is 2. The summed E-state index contributed by atoms with van der Waals surface area (Å²) >= 11 is 5.83. The Kier molecular flexibility index (Phi) is 6.95. The number of hydrogen-bond acceptors (Lipinski definition) is 6. The van der Waals surface area contributed by atoms with Crippen LogP contribution < -0.4 is 16.0 Å². The van der Waals surface area contributed by atoms with E-state index in [0.717, 1.165) is 38.4 Å². The van der Waals surface area contributed by atoms with E-state index in [9.17, 15) is 9.59 Å².